The topological polar surface area (TPSA) is 42.6 Å². The number of nitrogens with zero attached hydrogens (tertiary/aromatic N) is 3. The average Bonchev–Trinajstić information content (AvgIpc) is 3.05. The number of carbonyl (C=O) groups excluding carboxylic acids is 1. The summed E-state index contributed by atoms with van der Waals surface area (Å²) in [5.74, 6) is 4.38. The molecule has 1 N–H and O–H groups in total. The van der Waals surface area contributed by atoms with E-state index in [0.29, 0.717) is 18.9 Å². The van der Waals surface area contributed by atoms with Crippen LogP contribution in [0.4, 0.5) is 0 Å². The van der Waals surface area contributed by atoms with Crippen LogP contribution in [0, 0.1) is 23.7 Å². The van der Waals surface area contributed by atoms with Gasteiger partial charge in [0.2, 0.25) is 5.91 Å². The van der Waals surface area contributed by atoms with Crippen LogP contribution in [-0.2, 0) is 11.3 Å². The third-order valence-corrected chi connectivity index (χ3v) is 8.02. The molecule has 1 aliphatic heterocycles. The molecule has 4 bridgehead atoms. The summed E-state index contributed by atoms with van der Waals surface area (Å²) in [6.45, 7) is 4.88. The SMILES string of the molecule is O=C(CCn1cc(Br)cn1)N1CC[NH+](C2C3CC4CC(C3)CC2C4)CC1. The highest BCUT2D eigenvalue weighted by atomic mass is 79.9. The van der Waals surface area contributed by atoms with Crippen LogP contribution in [0.25, 0.3) is 0 Å². The Morgan fingerprint density at radius 1 is 1.12 bits per heavy atom. The van der Waals surface area contributed by atoms with Crippen molar-refractivity contribution in [1.82, 2.24) is 14.7 Å². The van der Waals surface area contributed by atoms with Crippen molar-refractivity contribution in [3.05, 3.63) is 16.9 Å². The Labute approximate surface area is 164 Å². The van der Waals surface area contributed by atoms with Crippen molar-refractivity contribution in [2.45, 2.75) is 51.1 Å². The molecule has 0 spiro atoms. The zero-order valence-electron chi connectivity index (χ0n) is 15.4. The maximum Gasteiger partial charge on any atom is 0.224 e. The molecule has 6 rings (SSSR count). The lowest BCUT2D eigenvalue weighted by Crippen LogP contribution is -3.20. The molecule has 142 valence electrons. The summed E-state index contributed by atoms with van der Waals surface area (Å²) in [5.41, 5.74) is 0. The van der Waals surface area contributed by atoms with Gasteiger partial charge in [0.05, 0.1) is 42.9 Å². The first-order valence-electron chi connectivity index (χ1n) is 10.5. The van der Waals surface area contributed by atoms with Gasteiger partial charge in [-0.05, 0) is 59.9 Å². The van der Waals surface area contributed by atoms with E-state index in [1.54, 1.807) is 6.20 Å². The molecule has 0 atom stereocenters. The van der Waals surface area contributed by atoms with Crippen molar-refractivity contribution in [3.63, 3.8) is 0 Å². The molecule has 26 heavy (non-hydrogen) atoms. The van der Waals surface area contributed by atoms with Crippen molar-refractivity contribution in [2.24, 2.45) is 23.7 Å². The minimum atomic E-state index is 0.292. The molecular formula is C20H30BrN4O+. The van der Waals surface area contributed by atoms with Crippen molar-refractivity contribution < 1.29 is 9.69 Å². The fourth-order valence-corrected chi connectivity index (χ4v) is 7.13. The summed E-state index contributed by atoms with van der Waals surface area (Å²) >= 11 is 3.41. The van der Waals surface area contributed by atoms with E-state index in [9.17, 15) is 4.79 Å². The summed E-state index contributed by atoms with van der Waals surface area (Å²) < 4.78 is 2.82. The van der Waals surface area contributed by atoms with Gasteiger partial charge in [0.1, 0.15) is 0 Å². The number of nitrogens with one attached hydrogen (secondary N) is 1. The van der Waals surface area contributed by atoms with Gasteiger partial charge in [-0.3, -0.25) is 9.48 Å². The van der Waals surface area contributed by atoms with Gasteiger partial charge >= 0.3 is 0 Å². The van der Waals surface area contributed by atoms with Crippen molar-refractivity contribution in [3.8, 4) is 0 Å². The van der Waals surface area contributed by atoms with Crippen molar-refractivity contribution in [2.75, 3.05) is 26.2 Å². The van der Waals surface area contributed by atoms with Crippen LogP contribution in [0.2, 0.25) is 0 Å². The van der Waals surface area contributed by atoms with Crippen LogP contribution in [0.3, 0.4) is 0 Å². The zero-order chi connectivity index (χ0) is 17.7. The molecule has 4 saturated carbocycles. The minimum absolute atomic E-state index is 0.292. The van der Waals surface area contributed by atoms with Gasteiger partial charge in [-0.2, -0.15) is 5.10 Å². The van der Waals surface area contributed by atoms with Gasteiger partial charge in [0.25, 0.3) is 0 Å². The summed E-state index contributed by atoms with van der Waals surface area (Å²) in [7, 11) is 0. The molecule has 1 saturated heterocycles. The predicted octanol–water partition coefficient (Wildman–Crippen LogP) is 1.59. The third kappa shape index (κ3) is 3.24. The van der Waals surface area contributed by atoms with Gasteiger partial charge in [0.15, 0.2) is 0 Å². The molecule has 1 aromatic rings. The average molecular weight is 422 g/mol. The monoisotopic (exact) mass is 421 g/mol. The minimum Gasteiger partial charge on any atom is -0.331 e. The van der Waals surface area contributed by atoms with Crippen molar-refractivity contribution >= 4 is 21.8 Å². The fraction of sp³-hybridized carbons (Fsp3) is 0.800. The Morgan fingerprint density at radius 2 is 1.77 bits per heavy atom. The number of quaternary nitrogens is 1. The highest BCUT2D eigenvalue weighted by Crippen LogP contribution is 2.53. The second-order valence-electron chi connectivity index (χ2n) is 9.17. The highest BCUT2D eigenvalue weighted by molar-refractivity contribution is 9.10. The molecule has 5 nitrogen and oxygen atoms in total. The lowest BCUT2D eigenvalue weighted by molar-refractivity contribution is -0.939. The van der Waals surface area contributed by atoms with Gasteiger partial charge in [0, 0.05) is 31.0 Å². The second kappa shape index (κ2) is 6.93. The maximum absolute atomic E-state index is 12.6. The van der Waals surface area contributed by atoms with Crippen LogP contribution in [0.5, 0.6) is 0 Å². The molecule has 5 aliphatic rings. The largest absolute Gasteiger partial charge is 0.331 e. The van der Waals surface area contributed by atoms with E-state index in [0.717, 1.165) is 60.4 Å². The van der Waals surface area contributed by atoms with Gasteiger partial charge in [-0.1, -0.05) is 0 Å². The fourth-order valence-electron chi connectivity index (χ4n) is 6.80. The van der Waals surface area contributed by atoms with Crippen LogP contribution < -0.4 is 4.90 Å². The van der Waals surface area contributed by atoms with E-state index in [2.05, 4.69) is 25.9 Å². The number of rotatable bonds is 4. The lowest BCUT2D eigenvalue weighted by atomic mass is 9.54. The molecule has 2 heterocycles. The normalized spacial score (nSPS) is 36.7. The van der Waals surface area contributed by atoms with E-state index in [1.165, 1.54) is 32.1 Å². The molecular weight excluding hydrogens is 392 g/mol. The molecule has 0 aromatic carbocycles. The predicted molar refractivity (Wildman–Crippen MR) is 103 cm³/mol. The molecule has 4 aliphatic carbocycles. The first kappa shape index (κ1) is 17.2. The molecule has 1 aromatic heterocycles. The number of hydrogen-bond acceptors (Lipinski definition) is 2. The summed E-state index contributed by atoms with van der Waals surface area (Å²) in [5, 5.41) is 4.24. The number of aryl methyl sites for hydroxylation is 1. The number of hydrogen-bond donors (Lipinski definition) is 1. The maximum atomic E-state index is 12.6. The Hall–Kier alpha value is -0.880. The Bertz CT molecular complexity index is 639. The van der Waals surface area contributed by atoms with Crippen LogP contribution in [-0.4, -0.2) is 52.8 Å². The van der Waals surface area contributed by atoms with Crippen LogP contribution in [0.15, 0.2) is 16.9 Å². The van der Waals surface area contributed by atoms with Crippen molar-refractivity contribution in [1.29, 1.82) is 0 Å². The molecule has 1 amide bonds. The van der Waals surface area contributed by atoms with Gasteiger partial charge in [-0.15, -0.1) is 0 Å². The highest BCUT2D eigenvalue weighted by Gasteiger charge is 2.52. The second-order valence-corrected chi connectivity index (χ2v) is 10.1. The molecule has 0 radical (unpaired) electrons. The number of piperazine rings is 1. The zero-order valence-corrected chi connectivity index (χ0v) is 17.0. The summed E-state index contributed by atoms with van der Waals surface area (Å²) in [6.07, 6.45) is 11.8. The quantitative estimate of drug-likeness (QED) is 0.801. The van der Waals surface area contributed by atoms with E-state index in [-0.39, 0.29) is 0 Å². The lowest BCUT2D eigenvalue weighted by Gasteiger charge is -2.56. The Morgan fingerprint density at radius 3 is 2.35 bits per heavy atom. The van der Waals surface area contributed by atoms with Gasteiger partial charge in [-0.25, -0.2) is 0 Å². The van der Waals surface area contributed by atoms with E-state index in [4.69, 9.17) is 0 Å². The summed E-state index contributed by atoms with van der Waals surface area (Å²) in [6, 6.07) is 0.904. The number of amides is 1. The van der Waals surface area contributed by atoms with Gasteiger partial charge < -0.3 is 9.80 Å². The van der Waals surface area contributed by atoms with Crippen LogP contribution >= 0.6 is 15.9 Å². The molecule has 5 fully saturated rings. The smallest absolute Gasteiger partial charge is 0.224 e. The van der Waals surface area contributed by atoms with E-state index >= 15 is 0 Å². The Balaban J connectivity index is 1.13. The molecule has 0 unspecified atom stereocenters. The first-order valence-corrected chi connectivity index (χ1v) is 11.3. The first-order chi connectivity index (χ1) is 12.7. The van der Waals surface area contributed by atoms with E-state index < -0.39 is 0 Å². The van der Waals surface area contributed by atoms with Crippen LogP contribution in [0.1, 0.15) is 38.5 Å². The summed E-state index contributed by atoms with van der Waals surface area (Å²) in [4.78, 5) is 16.5. The number of halogens is 1. The number of aromatic nitrogens is 2. The Kier molecular flexibility index (Phi) is 4.60. The third-order valence-electron chi connectivity index (χ3n) is 7.61. The number of carbonyl (C=O) groups is 1. The van der Waals surface area contributed by atoms with E-state index in [1.807, 2.05) is 15.8 Å². The molecule has 6 heteroatoms. The standard InChI is InChI=1S/C20H29BrN4O/c21-18-12-22-25(13-18)2-1-19(26)23-3-5-24(6-4-23)20-16-8-14-7-15(10-16)11-17(20)9-14/h12-17,20H,1-11H2/p+1.